The molecule has 0 aliphatic rings. The molecule has 0 aliphatic heterocycles. The average molecular weight is 427 g/mol. The highest BCUT2D eigenvalue weighted by molar-refractivity contribution is 5.76. The van der Waals surface area contributed by atoms with Crippen LogP contribution >= 0.6 is 0 Å². The van der Waals surface area contributed by atoms with Gasteiger partial charge in [0.2, 0.25) is 0 Å². The highest BCUT2D eigenvalue weighted by atomic mass is 16.6. The van der Waals surface area contributed by atoms with Gasteiger partial charge in [-0.05, 0) is 57.0 Å². The molecule has 1 atom stereocenters. The van der Waals surface area contributed by atoms with Crippen molar-refractivity contribution < 1.29 is 19.1 Å². The van der Waals surface area contributed by atoms with Gasteiger partial charge >= 0.3 is 11.9 Å². The van der Waals surface area contributed by atoms with Crippen LogP contribution in [0.4, 0.5) is 0 Å². The van der Waals surface area contributed by atoms with E-state index >= 15 is 0 Å². The Hall–Kier alpha value is -2.73. The Labute approximate surface area is 185 Å². The summed E-state index contributed by atoms with van der Waals surface area (Å²) in [6.45, 7) is 10.3. The van der Waals surface area contributed by atoms with Crippen molar-refractivity contribution in [1.82, 2.24) is 9.88 Å². The molecular weight excluding hydrogens is 392 g/mol. The van der Waals surface area contributed by atoms with E-state index < -0.39 is 5.60 Å². The standard InChI is InChI=1S/C25H34N2O4/c1-18(2)23(24(29)30-17-19-10-8-7-9-11-19)27(6)16-20-12-13-26-21(14-20)15-22(28)31-25(3,4)5/h7-14,18,23H,15-17H2,1-6H3/t23-/m0/s1. The van der Waals surface area contributed by atoms with Crippen molar-refractivity contribution in [2.24, 2.45) is 5.92 Å². The largest absolute Gasteiger partial charge is 0.460 e. The zero-order chi connectivity index (χ0) is 23.0. The van der Waals surface area contributed by atoms with Crippen LogP contribution in [0.5, 0.6) is 0 Å². The molecule has 1 heterocycles. The van der Waals surface area contributed by atoms with Crippen molar-refractivity contribution in [1.29, 1.82) is 0 Å². The first kappa shape index (κ1) is 24.5. The Balaban J connectivity index is 2.01. The molecule has 6 heteroatoms. The molecule has 0 saturated heterocycles. The molecule has 2 aromatic rings. The van der Waals surface area contributed by atoms with E-state index in [1.54, 1.807) is 6.20 Å². The Morgan fingerprint density at radius 2 is 1.74 bits per heavy atom. The van der Waals surface area contributed by atoms with Crippen molar-refractivity contribution in [3.05, 3.63) is 65.5 Å². The van der Waals surface area contributed by atoms with E-state index in [2.05, 4.69) is 4.98 Å². The molecular formula is C25H34N2O4. The number of nitrogens with zero attached hydrogens (tertiary/aromatic N) is 2. The van der Waals surface area contributed by atoms with Crippen molar-refractivity contribution >= 4 is 11.9 Å². The Morgan fingerprint density at radius 3 is 2.35 bits per heavy atom. The van der Waals surface area contributed by atoms with E-state index in [9.17, 15) is 9.59 Å². The summed E-state index contributed by atoms with van der Waals surface area (Å²) in [4.78, 5) is 31.2. The van der Waals surface area contributed by atoms with E-state index in [1.165, 1.54) is 0 Å². The molecule has 0 spiro atoms. The third-order valence-corrected chi connectivity index (χ3v) is 4.63. The summed E-state index contributed by atoms with van der Waals surface area (Å²) in [7, 11) is 1.91. The smallest absolute Gasteiger partial charge is 0.323 e. The van der Waals surface area contributed by atoms with Crippen LogP contribution < -0.4 is 0 Å². The number of hydrogen-bond acceptors (Lipinski definition) is 6. The highest BCUT2D eigenvalue weighted by Crippen LogP contribution is 2.17. The van der Waals surface area contributed by atoms with Crippen LogP contribution in [0.15, 0.2) is 48.7 Å². The second kappa shape index (κ2) is 11.0. The minimum atomic E-state index is -0.528. The van der Waals surface area contributed by atoms with Crippen LogP contribution in [-0.4, -0.2) is 40.5 Å². The number of carbonyl (C=O) groups is 2. The maximum Gasteiger partial charge on any atom is 0.323 e. The van der Waals surface area contributed by atoms with Gasteiger partial charge in [0.05, 0.1) is 12.1 Å². The molecule has 0 amide bonds. The van der Waals surface area contributed by atoms with Crippen LogP contribution in [0.2, 0.25) is 0 Å². The highest BCUT2D eigenvalue weighted by Gasteiger charge is 2.28. The lowest BCUT2D eigenvalue weighted by atomic mass is 10.0. The van der Waals surface area contributed by atoms with Gasteiger partial charge in [0, 0.05) is 12.7 Å². The first-order chi connectivity index (χ1) is 14.5. The molecule has 0 fully saturated rings. The molecule has 6 nitrogen and oxygen atoms in total. The third-order valence-electron chi connectivity index (χ3n) is 4.63. The number of aromatic nitrogens is 1. The number of esters is 2. The molecule has 0 bridgehead atoms. The molecule has 0 aliphatic carbocycles. The van der Waals surface area contributed by atoms with Gasteiger partial charge in [-0.25, -0.2) is 0 Å². The summed E-state index contributed by atoms with van der Waals surface area (Å²) in [5.74, 6) is -0.476. The average Bonchev–Trinajstić information content (AvgIpc) is 2.65. The number of likely N-dealkylation sites (N-methyl/N-ethyl adjacent to an activating group) is 1. The van der Waals surface area contributed by atoms with Crippen LogP contribution in [0, 0.1) is 5.92 Å². The Bertz CT molecular complexity index is 859. The van der Waals surface area contributed by atoms with Crippen LogP contribution in [-0.2, 0) is 38.6 Å². The molecule has 1 aromatic heterocycles. The number of pyridine rings is 1. The molecule has 168 valence electrons. The number of rotatable bonds is 9. The summed E-state index contributed by atoms with van der Waals surface area (Å²) in [5, 5.41) is 0. The zero-order valence-electron chi connectivity index (χ0n) is 19.4. The van der Waals surface area contributed by atoms with E-state index in [-0.39, 0.29) is 36.9 Å². The second-order valence-electron chi connectivity index (χ2n) is 9.12. The van der Waals surface area contributed by atoms with E-state index in [0.29, 0.717) is 12.2 Å². The monoisotopic (exact) mass is 426 g/mol. The zero-order valence-corrected chi connectivity index (χ0v) is 19.4. The maximum atomic E-state index is 12.8. The first-order valence-corrected chi connectivity index (χ1v) is 10.6. The normalized spacial score (nSPS) is 12.6. The van der Waals surface area contributed by atoms with Gasteiger partial charge in [-0.3, -0.25) is 19.5 Å². The lowest BCUT2D eigenvalue weighted by Crippen LogP contribution is -2.43. The molecule has 0 unspecified atom stereocenters. The van der Waals surface area contributed by atoms with Crippen molar-refractivity contribution in [3.8, 4) is 0 Å². The SMILES string of the molecule is CC(C)[C@@H](C(=O)OCc1ccccc1)N(C)Cc1ccnc(CC(=O)OC(C)(C)C)c1. The van der Waals surface area contributed by atoms with Gasteiger partial charge in [-0.1, -0.05) is 44.2 Å². The quantitative estimate of drug-likeness (QED) is 0.561. The summed E-state index contributed by atoms with van der Waals surface area (Å²) in [6, 6.07) is 13.0. The molecule has 0 radical (unpaired) electrons. The van der Waals surface area contributed by atoms with Gasteiger partial charge in [-0.2, -0.15) is 0 Å². The van der Waals surface area contributed by atoms with Gasteiger partial charge in [-0.15, -0.1) is 0 Å². The Morgan fingerprint density at radius 1 is 1.06 bits per heavy atom. The van der Waals surface area contributed by atoms with Crippen molar-refractivity contribution in [3.63, 3.8) is 0 Å². The number of benzene rings is 1. The lowest BCUT2D eigenvalue weighted by molar-refractivity contribution is -0.154. The van der Waals surface area contributed by atoms with E-state index in [1.807, 2.05) is 89.0 Å². The number of hydrogen-bond donors (Lipinski definition) is 0. The van der Waals surface area contributed by atoms with Gasteiger partial charge in [0.15, 0.2) is 0 Å². The number of ether oxygens (including phenoxy) is 2. The van der Waals surface area contributed by atoms with Gasteiger partial charge in [0.25, 0.3) is 0 Å². The van der Waals surface area contributed by atoms with Crippen molar-refractivity contribution in [2.45, 2.75) is 65.8 Å². The molecule has 1 aromatic carbocycles. The summed E-state index contributed by atoms with van der Waals surface area (Å²) >= 11 is 0. The number of carbonyl (C=O) groups excluding carboxylic acids is 2. The van der Waals surface area contributed by atoms with E-state index in [4.69, 9.17) is 9.47 Å². The fraction of sp³-hybridized carbons (Fsp3) is 0.480. The van der Waals surface area contributed by atoms with Crippen LogP contribution in [0.1, 0.15) is 51.4 Å². The molecule has 0 N–H and O–H groups in total. The van der Waals surface area contributed by atoms with E-state index in [0.717, 1.165) is 11.1 Å². The molecule has 2 rings (SSSR count). The van der Waals surface area contributed by atoms with Gasteiger partial charge < -0.3 is 9.47 Å². The van der Waals surface area contributed by atoms with Crippen LogP contribution in [0.3, 0.4) is 0 Å². The topological polar surface area (TPSA) is 68.7 Å². The third kappa shape index (κ3) is 8.50. The minimum Gasteiger partial charge on any atom is -0.460 e. The van der Waals surface area contributed by atoms with Crippen molar-refractivity contribution in [2.75, 3.05) is 7.05 Å². The minimum absolute atomic E-state index is 0.0799. The maximum absolute atomic E-state index is 12.8. The predicted octanol–water partition coefficient (Wildman–Crippen LogP) is 4.17. The molecule has 31 heavy (non-hydrogen) atoms. The fourth-order valence-electron chi connectivity index (χ4n) is 3.41. The van der Waals surface area contributed by atoms with Crippen LogP contribution in [0.25, 0.3) is 0 Å². The summed E-state index contributed by atoms with van der Waals surface area (Å²) < 4.78 is 11.0. The summed E-state index contributed by atoms with van der Waals surface area (Å²) in [6.07, 6.45) is 1.79. The molecule has 0 saturated carbocycles. The van der Waals surface area contributed by atoms with Gasteiger partial charge in [0.1, 0.15) is 18.2 Å². The summed E-state index contributed by atoms with van der Waals surface area (Å²) in [5.41, 5.74) is 2.05. The lowest BCUT2D eigenvalue weighted by Gasteiger charge is -2.29. The Kier molecular flexibility index (Phi) is 8.75. The fourth-order valence-corrected chi connectivity index (χ4v) is 3.41. The predicted molar refractivity (Wildman–Crippen MR) is 120 cm³/mol. The first-order valence-electron chi connectivity index (χ1n) is 10.6. The second-order valence-corrected chi connectivity index (χ2v) is 9.12.